The fraction of sp³-hybridized carbons (Fsp3) is 0.588. The van der Waals surface area contributed by atoms with Crippen molar-refractivity contribution in [2.75, 3.05) is 40.4 Å². The predicted molar refractivity (Wildman–Crippen MR) is 88.2 cm³/mol. The van der Waals surface area contributed by atoms with Crippen LogP contribution in [0, 0.1) is 0 Å². The second kappa shape index (κ2) is 8.74. The molecule has 0 aromatic heterocycles. The number of aliphatic carboxylic acids is 1. The molecular formula is C17H26N2O4. The first-order chi connectivity index (χ1) is 11.2. The van der Waals surface area contributed by atoms with E-state index < -0.39 is 5.97 Å². The number of hydrogen-bond acceptors (Lipinski definition) is 5. The SMILES string of the molecule is COc1ccc(OC)c(C(CNCC(=O)O)N2CCCCC2)c1. The molecule has 1 heterocycles. The summed E-state index contributed by atoms with van der Waals surface area (Å²) in [6.07, 6.45) is 3.59. The number of hydrogen-bond donors (Lipinski definition) is 2. The summed E-state index contributed by atoms with van der Waals surface area (Å²) in [4.78, 5) is 13.2. The van der Waals surface area contributed by atoms with Crippen LogP contribution in [-0.2, 0) is 4.79 Å². The van der Waals surface area contributed by atoms with Gasteiger partial charge in [-0.15, -0.1) is 0 Å². The fourth-order valence-electron chi connectivity index (χ4n) is 3.08. The Bertz CT molecular complexity index is 515. The number of methoxy groups -OCH3 is 2. The Kier molecular flexibility index (Phi) is 6.67. The van der Waals surface area contributed by atoms with Gasteiger partial charge in [-0.1, -0.05) is 6.42 Å². The zero-order valence-corrected chi connectivity index (χ0v) is 13.9. The van der Waals surface area contributed by atoms with E-state index in [1.807, 2.05) is 18.2 Å². The Morgan fingerprint density at radius 2 is 2.00 bits per heavy atom. The van der Waals surface area contributed by atoms with E-state index in [4.69, 9.17) is 14.6 Å². The summed E-state index contributed by atoms with van der Waals surface area (Å²) < 4.78 is 10.9. The highest BCUT2D eigenvalue weighted by Gasteiger charge is 2.25. The molecule has 1 aliphatic rings. The van der Waals surface area contributed by atoms with Crippen molar-refractivity contribution >= 4 is 5.97 Å². The quantitative estimate of drug-likeness (QED) is 0.762. The highest BCUT2D eigenvalue weighted by Crippen LogP contribution is 2.33. The summed E-state index contributed by atoms with van der Waals surface area (Å²) in [5, 5.41) is 11.9. The third kappa shape index (κ3) is 4.84. The van der Waals surface area contributed by atoms with E-state index in [1.165, 1.54) is 19.3 Å². The molecule has 1 unspecified atom stereocenters. The molecule has 6 nitrogen and oxygen atoms in total. The summed E-state index contributed by atoms with van der Waals surface area (Å²) in [7, 11) is 3.30. The fourth-order valence-corrected chi connectivity index (χ4v) is 3.08. The summed E-state index contributed by atoms with van der Waals surface area (Å²) in [6, 6.07) is 5.84. The first-order valence-corrected chi connectivity index (χ1v) is 8.04. The molecule has 0 bridgehead atoms. The summed E-state index contributed by atoms with van der Waals surface area (Å²) in [5.41, 5.74) is 1.03. The van der Waals surface area contributed by atoms with Gasteiger partial charge < -0.3 is 19.9 Å². The minimum absolute atomic E-state index is 0.0450. The van der Waals surface area contributed by atoms with Gasteiger partial charge in [0, 0.05) is 12.1 Å². The molecule has 0 aliphatic carbocycles. The van der Waals surface area contributed by atoms with E-state index in [0.717, 1.165) is 30.2 Å². The molecule has 1 aromatic rings. The van der Waals surface area contributed by atoms with Gasteiger partial charge in [-0.25, -0.2) is 0 Å². The highest BCUT2D eigenvalue weighted by atomic mass is 16.5. The van der Waals surface area contributed by atoms with Gasteiger partial charge in [0.15, 0.2) is 0 Å². The Morgan fingerprint density at radius 1 is 1.26 bits per heavy atom. The van der Waals surface area contributed by atoms with Gasteiger partial charge >= 0.3 is 5.97 Å². The summed E-state index contributed by atoms with van der Waals surface area (Å²) >= 11 is 0. The predicted octanol–water partition coefficient (Wildman–Crippen LogP) is 1.90. The number of nitrogens with one attached hydrogen (secondary N) is 1. The number of benzene rings is 1. The average Bonchev–Trinajstić information content (AvgIpc) is 2.58. The van der Waals surface area contributed by atoms with Crippen molar-refractivity contribution in [3.05, 3.63) is 23.8 Å². The number of piperidine rings is 1. The van der Waals surface area contributed by atoms with E-state index in [9.17, 15) is 4.79 Å². The minimum atomic E-state index is -0.847. The second-order valence-electron chi connectivity index (χ2n) is 5.74. The van der Waals surface area contributed by atoms with Crippen molar-refractivity contribution in [2.24, 2.45) is 0 Å². The molecule has 0 radical (unpaired) electrons. The van der Waals surface area contributed by atoms with Crippen LogP contribution in [0.15, 0.2) is 18.2 Å². The lowest BCUT2D eigenvalue weighted by Crippen LogP contribution is -2.40. The largest absolute Gasteiger partial charge is 0.497 e. The van der Waals surface area contributed by atoms with E-state index in [2.05, 4.69) is 10.2 Å². The number of ether oxygens (including phenoxy) is 2. The molecule has 23 heavy (non-hydrogen) atoms. The maximum absolute atomic E-state index is 10.8. The van der Waals surface area contributed by atoms with Crippen LogP contribution >= 0.6 is 0 Å². The lowest BCUT2D eigenvalue weighted by atomic mass is 10.00. The summed E-state index contributed by atoms with van der Waals surface area (Å²) in [6.45, 7) is 2.55. The van der Waals surface area contributed by atoms with Gasteiger partial charge in [-0.3, -0.25) is 9.69 Å². The number of carbonyl (C=O) groups is 1. The van der Waals surface area contributed by atoms with Crippen LogP contribution in [0.1, 0.15) is 30.9 Å². The average molecular weight is 322 g/mol. The van der Waals surface area contributed by atoms with Crippen LogP contribution in [0.5, 0.6) is 11.5 Å². The lowest BCUT2D eigenvalue weighted by molar-refractivity contribution is -0.136. The zero-order valence-electron chi connectivity index (χ0n) is 13.9. The van der Waals surface area contributed by atoms with E-state index in [-0.39, 0.29) is 12.6 Å². The van der Waals surface area contributed by atoms with Crippen LogP contribution in [0.2, 0.25) is 0 Å². The standard InChI is InChI=1S/C17H26N2O4/c1-22-13-6-7-16(23-2)14(10-13)15(11-18-12-17(20)21)19-8-4-3-5-9-19/h6-7,10,15,18H,3-5,8-9,11-12H2,1-2H3,(H,20,21). The lowest BCUT2D eigenvalue weighted by Gasteiger charge is -2.35. The second-order valence-corrected chi connectivity index (χ2v) is 5.74. The molecule has 2 N–H and O–H groups in total. The molecule has 1 aromatic carbocycles. The maximum Gasteiger partial charge on any atom is 0.317 e. The number of nitrogens with zero attached hydrogens (tertiary/aromatic N) is 1. The Labute approximate surface area is 137 Å². The van der Waals surface area contributed by atoms with Gasteiger partial charge in [-0.2, -0.15) is 0 Å². The number of likely N-dealkylation sites (tertiary alicyclic amines) is 1. The molecule has 1 saturated heterocycles. The Hall–Kier alpha value is -1.79. The molecule has 1 aliphatic heterocycles. The molecule has 0 amide bonds. The number of carboxylic acid groups (broad SMARTS) is 1. The molecule has 6 heteroatoms. The zero-order chi connectivity index (χ0) is 16.7. The van der Waals surface area contributed by atoms with Crippen molar-refractivity contribution in [2.45, 2.75) is 25.3 Å². The van der Waals surface area contributed by atoms with Gasteiger partial charge in [0.2, 0.25) is 0 Å². The van der Waals surface area contributed by atoms with Crippen LogP contribution in [0.4, 0.5) is 0 Å². The van der Waals surface area contributed by atoms with Crippen molar-refractivity contribution in [1.82, 2.24) is 10.2 Å². The molecule has 1 fully saturated rings. The first kappa shape index (κ1) is 17.6. The van der Waals surface area contributed by atoms with Crippen molar-refractivity contribution in [3.8, 4) is 11.5 Å². The smallest absolute Gasteiger partial charge is 0.317 e. The van der Waals surface area contributed by atoms with Gasteiger partial charge in [-0.05, 0) is 44.1 Å². The molecule has 1 atom stereocenters. The van der Waals surface area contributed by atoms with Crippen molar-refractivity contribution in [1.29, 1.82) is 0 Å². The van der Waals surface area contributed by atoms with Crippen LogP contribution in [-0.4, -0.2) is 56.4 Å². The Balaban J connectivity index is 2.25. The summed E-state index contributed by atoms with van der Waals surface area (Å²) in [5.74, 6) is 0.736. The van der Waals surface area contributed by atoms with Crippen molar-refractivity contribution < 1.29 is 19.4 Å². The number of carboxylic acids is 1. The van der Waals surface area contributed by atoms with E-state index in [0.29, 0.717) is 6.54 Å². The van der Waals surface area contributed by atoms with Gasteiger partial charge in [0.1, 0.15) is 11.5 Å². The van der Waals surface area contributed by atoms with Gasteiger partial charge in [0.25, 0.3) is 0 Å². The maximum atomic E-state index is 10.8. The molecule has 2 rings (SSSR count). The van der Waals surface area contributed by atoms with E-state index >= 15 is 0 Å². The van der Waals surface area contributed by atoms with E-state index in [1.54, 1.807) is 14.2 Å². The monoisotopic (exact) mass is 322 g/mol. The minimum Gasteiger partial charge on any atom is -0.497 e. The molecular weight excluding hydrogens is 296 g/mol. The highest BCUT2D eigenvalue weighted by molar-refractivity contribution is 5.69. The van der Waals surface area contributed by atoms with Crippen molar-refractivity contribution in [3.63, 3.8) is 0 Å². The topological polar surface area (TPSA) is 71.0 Å². The van der Waals surface area contributed by atoms with Crippen LogP contribution in [0.25, 0.3) is 0 Å². The third-order valence-electron chi connectivity index (χ3n) is 4.24. The first-order valence-electron chi connectivity index (χ1n) is 8.04. The van der Waals surface area contributed by atoms with Crippen LogP contribution < -0.4 is 14.8 Å². The van der Waals surface area contributed by atoms with Crippen LogP contribution in [0.3, 0.4) is 0 Å². The molecule has 128 valence electrons. The molecule has 0 saturated carbocycles. The Morgan fingerprint density at radius 3 is 2.61 bits per heavy atom. The third-order valence-corrected chi connectivity index (χ3v) is 4.24. The molecule has 0 spiro atoms. The number of rotatable bonds is 8. The van der Waals surface area contributed by atoms with Gasteiger partial charge in [0.05, 0.1) is 26.8 Å². The normalized spacial score (nSPS) is 16.8.